The first-order valence-corrected chi connectivity index (χ1v) is 7.93. The fourth-order valence-electron chi connectivity index (χ4n) is 2.93. The standard InChI is InChI=1S/C15H30N2O3/c1-3-5-12-13(6-4-2)14(12)11-20-15(18)17-8-10-19-9-7-16/h12-14H,3-11,16H2,1-2H3,(H,17,18)/t12-,13+,14?. The molecule has 3 atom stereocenters. The Balaban J connectivity index is 2.08. The van der Waals surface area contributed by atoms with Crippen molar-refractivity contribution in [3.05, 3.63) is 0 Å². The summed E-state index contributed by atoms with van der Waals surface area (Å²) in [5.41, 5.74) is 5.30. The summed E-state index contributed by atoms with van der Waals surface area (Å²) in [5, 5.41) is 2.69. The zero-order valence-electron chi connectivity index (χ0n) is 12.9. The van der Waals surface area contributed by atoms with Crippen LogP contribution in [-0.4, -0.2) is 39.0 Å². The minimum absolute atomic E-state index is 0.334. The second kappa shape index (κ2) is 10.00. The van der Waals surface area contributed by atoms with Crippen LogP contribution in [0.4, 0.5) is 4.79 Å². The molecule has 0 radical (unpaired) electrons. The fourth-order valence-corrected chi connectivity index (χ4v) is 2.93. The first-order valence-electron chi connectivity index (χ1n) is 7.93. The van der Waals surface area contributed by atoms with E-state index in [0.29, 0.717) is 38.8 Å². The maximum Gasteiger partial charge on any atom is 0.407 e. The Hall–Kier alpha value is -0.810. The predicted molar refractivity (Wildman–Crippen MR) is 79.5 cm³/mol. The van der Waals surface area contributed by atoms with Crippen molar-refractivity contribution in [2.75, 3.05) is 32.9 Å². The molecule has 0 spiro atoms. The number of carbonyl (C=O) groups excluding carboxylic acids is 1. The second-order valence-corrected chi connectivity index (χ2v) is 5.50. The zero-order chi connectivity index (χ0) is 14.8. The molecule has 118 valence electrons. The van der Waals surface area contributed by atoms with Crippen LogP contribution in [0, 0.1) is 17.8 Å². The van der Waals surface area contributed by atoms with Gasteiger partial charge < -0.3 is 20.5 Å². The minimum Gasteiger partial charge on any atom is -0.449 e. The first kappa shape index (κ1) is 17.2. The number of amides is 1. The molecule has 0 aromatic rings. The molecule has 1 fully saturated rings. The average molecular weight is 286 g/mol. The van der Waals surface area contributed by atoms with Crippen LogP contribution < -0.4 is 11.1 Å². The van der Waals surface area contributed by atoms with E-state index in [1.165, 1.54) is 25.7 Å². The Bertz CT molecular complexity index is 262. The molecular formula is C15H30N2O3. The monoisotopic (exact) mass is 286 g/mol. The molecule has 0 heterocycles. The molecule has 1 unspecified atom stereocenters. The van der Waals surface area contributed by atoms with Gasteiger partial charge in [-0.2, -0.15) is 0 Å². The van der Waals surface area contributed by atoms with Crippen molar-refractivity contribution in [1.82, 2.24) is 5.32 Å². The first-order chi connectivity index (χ1) is 9.74. The molecule has 1 amide bonds. The van der Waals surface area contributed by atoms with Crippen molar-refractivity contribution in [1.29, 1.82) is 0 Å². The summed E-state index contributed by atoms with van der Waals surface area (Å²) in [6, 6.07) is 0. The van der Waals surface area contributed by atoms with Crippen LogP contribution >= 0.6 is 0 Å². The number of ether oxygens (including phenoxy) is 2. The largest absolute Gasteiger partial charge is 0.449 e. The van der Waals surface area contributed by atoms with E-state index in [1.54, 1.807) is 0 Å². The summed E-state index contributed by atoms with van der Waals surface area (Å²) in [6.45, 7) is 6.97. The van der Waals surface area contributed by atoms with Crippen LogP contribution in [0.25, 0.3) is 0 Å². The van der Waals surface area contributed by atoms with Crippen LogP contribution in [0.1, 0.15) is 39.5 Å². The highest BCUT2D eigenvalue weighted by Gasteiger charge is 2.48. The van der Waals surface area contributed by atoms with Gasteiger partial charge in [0.25, 0.3) is 0 Å². The van der Waals surface area contributed by atoms with Crippen LogP contribution in [0.3, 0.4) is 0 Å². The summed E-state index contributed by atoms with van der Waals surface area (Å²) in [6.07, 6.45) is 4.61. The van der Waals surface area contributed by atoms with Crippen molar-refractivity contribution in [3.8, 4) is 0 Å². The van der Waals surface area contributed by atoms with E-state index in [9.17, 15) is 4.79 Å². The van der Waals surface area contributed by atoms with Crippen molar-refractivity contribution in [2.45, 2.75) is 39.5 Å². The van der Waals surface area contributed by atoms with Crippen LogP contribution in [-0.2, 0) is 9.47 Å². The topological polar surface area (TPSA) is 73.6 Å². The van der Waals surface area contributed by atoms with E-state index in [4.69, 9.17) is 15.2 Å². The zero-order valence-corrected chi connectivity index (χ0v) is 12.9. The Kier molecular flexibility index (Phi) is 8.62. The van der Waals surface area contributed by atoms with Crippen LogP contribution in [0.15, 0.2) is 0 Å². The quantitative estimate of drug-likeness (QED) is 0.571. The molecule has 0 aromatic heterocycles. The van der Waals surface area contributed by atoms with Gasteiger partial charge >= 0.3 is 6.09 Å². The lowest BCUT2D eigenvalue weighted by molar-refractivity contribution is 0.121. The Morgan fingerprint density at radius 3 is 2.30 bits per heavy atom. The summed E-state index contributed by atoms with van der Waals surface area (Å²) >= 11 is 0. The van der Waals surface area contributed by atoms with E-state index in [0.717, 1.165) is 11.8 Å². The smallest absolute Gasteiger partial charge is 0.407 e. The molecule has 3 N–H and O–H groups in total. The van der Waals surface area contributed by atoms with Crippen molar-refractivity contribution >= 4 is 6.09 Å². The molecule has 0 bridgehead atoms. The molecule has 0 aromatic carbocycles. The highest BCUT2D eigenvalue weighted by Crippen LogP contribution is 2.51. The number of rotatable bonds is 11. The van der Waals surface area contributed by atoms with Crippen molar-refractivity contribution < 1.29 is 14.3 Å². The summed E-state index contributed by atoms with van der Waals surface area (Å²) in [5.74, 6) is 2.11. The number of carbonyl (C=O) groups is 1. The van der Waals surface area contributed by atoms with Gasteiger partial charge in [0.2, 0.25) is 0 Å². The SMILES string of the molecule is CCC[C@@H]1C(COC(=O)NCCOCCN)[C@@H]1CCC. The molecule has 1 saturated carbocycles. The molecule has 1 aliphatic carbocycles. The van der Waals surface area contributed by atoms with Crippen LogP contribution in [0.2, 0.25) is 0 Å². The van der Waals surface area contributed by atoms with Gasteiger partial charge in [0, 0.05) is 13.1 Å². The molecule has 5 heteroatoms. The van der Waals surface area contributed by atoms with Crippen LogP contribution in [0.5, 0.6) is 0 Å². The third kappa shape index (κ3) is 6.09. The Labute approximate surface area is 122 Å². The van der Waals surface area contributed by atoms with Gasteiger partial charge in [-0.15, -0.1) is 0 Å². The van der Waals surface area contributed by atoms with Gasteiger partial charge in [-0.1, -0.05) is 39.5 Å². The third-order valence-corrected chi connectivity index (χ3v) is 3.94. The molecule has 0 saturated heterocycles. The lowest BCUT2D eigenvalue weighted by atomic mass is 10.1. The van der Waals surface area contributed by atoms with Crippen molar-refractivity contribution in [3.63, 3.8) is 0 Å². The lowest BCUT2D eigenvalue weighted by Gasteiger charge is -2.07. The van der Waals surface area contributed by atoms with E-state index in [2.05, 4.69) is 19.2 Å². The third-order valence-electron chi connectivity index (χ3n) is 3.94. The Morgan fingerprint density at radius 2 is 1.75 bits per heavy atom. The lowest BCUT2D eigenvalue weighted by Crippen LogP contribution is -2.29. The number of alkyl carbamates (subject to hydrolysis) is 1. The number of hydrogen-bond donors (Lipinski definition) is 2. The maximum atomic E-state index is 11.5. The highest BCUT2D eigenvalue weighted by molar-refractivity contribution is 5.67. The molecule has 5 nitrogen and oxygen atoms in total. The number of hydrogen-bond acceptors (Lipinski definition) is 4. The average Bonchev–Trinajstić information content (AvgIpc) is 3.09. The summed E-state index contributed by atoms with van der Waals surface area (Å²) in [7, 11) is 0. The fraction of sp³-hybridized carbons (Fsp3) is 0.933. The highest BCUT2D eigenvalue weighted by atomic mass is 16.5. The second-order valence-electron chi connectivity index (χ2n) is 5.50. The molecule has 20 heavy (non-hydrogen) atoms. The van der Waals surface area contributed by atoms with E-state index in [-0.39, 0.29) is 6.09 Å². The van der Waals surface area contributed by atoms with E-state index >= 15 is 0 Å². The van der Waals surface area contributed by atoms with Gasteiger partial charge in [-0.05, 0) is 17.8 Å². The summed E-state index contributed by atoms with van der Waals surface area (Å²) < 4.78 is 10.5. The van der Waals surface area contributed by atoms with Gasteiger partial charge in [-0.25, -0.2) is 4.79 Å². The van der Waals surface area contributed by atoms with Gasteiger partial charge in [0.1, 0.15) is 0 Å². The molecule has 1 aliphatic rings. The van der Waals surface area contributed by atoms with E-state index in [1.807, 2.05) is 0 Å². The maximum absolute atomic E-state index is 11.5. The van der Waals surface area contributed by atoms with Gasteiger partial charge in [0.15, 0.2) is 0 Å². The predicted octanol–water partition coefficient (Wildman–Crippen LogP) is 2.15. The Morgan fingerprint density at radius 1 is 1.10 bits per heavy atom. The van der Waals surface area contributed by atoms with Gasteiger partial charge in [0.05, 0.1) is 19.8 Å². The summed E-state index contributed by atoms with van der Waals surface area (Å²) in [4.78, 5) is 11.5. The number of nitrogens with one attached hydrogen (secondary N) is 1. The van der Waals surface area contributed by atoms with Gasteiger partial charge in [-0.3, -0.25) is 0 Å². The molecule has 0 aliphatic heterocycles. The normalized spacial score (nSPS) is 24.4. The minimum atomic E-state index is -0.334. The number of nitrogens with two attached hydrogens (primary N) is 1. The molecular weight excluding hydrogens is 256 g/mol. The molecule has 1 rings (SSSR count). The van der Waals surface area contributed by atoms with E-state index < -0.39 is 0 Å². The van der Waals surface area contributed by atoms with Crippen molar-refractivity contribution in [2.24, 2.45) is 23.5 Å².